The van der Waals surface area contributed by atoms with Crippen molar-refractivity contribution >= 4 is 181 Å². The second-order valence-corrected chi connectivity index (χ2v) is 35.2. The monoisotopic (exact) mass is 1650 g/mol. The predicted molar refractivity (Wildman–Crippen MR) is 542 cm³/mol. The molecule has 130 heavy (non-hydrogen) atoms. The summed E-state index contributed by atoms with van der Waals surface area (Å²) >= 11 is 0. The molecule has 0 amide bonds. The van der Waals surface area contributed by atoms with Crippen molar-refractivity contribution in [3.05, 3.63) is 436 Å². The van der Waals surface area contributed by atoms with Crippen molar-refractivity contribution in [1.29, 1.82) is 0 Å². The first-order valence-electron chi connectivity index (χ1n) is 44.7. The highest BCUT2D eigenvalue weighted by molar-refractivity contribution is 6.38. The maximum Gasteiger partial charge on any atom is 0.160 e. The van der Waals surface area contributed by atoms with E-state index in [4.69, 9.17) is 18.8 Å². The first-order chi connectivity index (χ1) is 64.4. The van der Waals surface area contributed by atoms with E-state index in [1.54, 1.807) is 0 Å². The topological polar surface area (TPSA) is 74.7 Å². The number of hydrogen-bond donors (Lipinski definition) is 0. The number of allylic oxidation sites excluding steroid dienone is 2. The van der Waals surface area contributed by atoms with Crippen LogP contribution in [-0.4, -0.2) is 21.0 Å². The largest absolute Gasteiger partial charge is 0.456 e. The number of hydrogen-bond acceptors (Lipinski definition) is 8. The summed E-state index contributed by atoms with van der Waals surface area (Å²) in [6, 6.07) is 141. The van der Waals surface area contributed by atoms with Crippen LogP contribution < -0.4 is 14.7 Å². The van der Waals surface area contributed by atoms with Crippen LogP contribution in [0.5, 0.6) is 0 Å². The van der Waals surface area contributed by atoms with Gasteiger partial charge in [-0.1, -0.05) is 279 Å². The molecule has 0 radical (unpaired) electrons. The van der Waals surface area contributed by atoms with Crippen molar-refractivity contribution in [3.8, 4) is 78.1 Å². The van der Waals surface area contributed by atoms with E-state index in [2.05, 4.69) is 426 Å². The fraction of sp³-hybridized carbons (Fsp3) is 0.0246. The molecule has 2 unspecified atom stereocenters. The molecule has 2 atom stereocenters. The number of pyridine rings is 3. The summed E-state index contributed by atoms with van der Waals surface area (Å²) in [5.74, 6) is 0.122. The Balaban J connectivity index is 0.722. The van der Waals surface area contributed by atoms with Gasteiger partial charge in [0.25, 0.3) is 0 Å². The van der Waals surface area contributed by atoms with Gasteiger partial charge in [-0.25, -0.2) is 4.98 Å². The molecular formula is C122H74N6O2. The van der Waals surface area contributed by atoms with Crippen LogP contribution in [0.25, 0.3) is 219 Å². The van der Waals surface area contributed by atoms with Crippen LogP contribution in [0.1, 0.15) is 17.0 Å². The molecule has 0 saturated heterocycles. The molecule has 0 spiro atoms. The molecule has 0 fully saturated rings. The molecule has 8 nitrogen and oxygen atoms in total. The summed E-state index contributed by atoms with van der Waals surface area (Å²) < 4.78 is 16.1. The molecule has 25 aromatic rings. The minimum atomic E-state index is 0.116. The Labute approximate surface area is 747 Å². The SMILES string of the molecule is C1=CC2c3c(-c4ccc(-c5cc6oc7c(N(c8cccc9ccccc89)c8cc(-c9ccc%10ccccc%10c9)cc9ccccc89)ccc8c9cc(N%10Cc%11ccc(-c%12ccc%13ccc%14ccccc%14c%13c%12)cc%11-c%11ccccc%11%10)cc%10oc%11cc(-c%12nc%13ccccc%13c%13cc(-c%14cccnc%14)ccc%12%13)cc(c(c5)c6c78)c%11c%109)cn4)cccc3N(c3ccccc3)C2C=C1. The average molecular weight is 1660 g/mol. The standard InChI is InChI=1S/C122H74N6O2/c1-2-28-88(29-3-1)127-109-39-17-14-35-98(109)116-97(36-19-41-110(116)127)105-54-51-83(70-124-105)86-62-102-103-63-87(121-96-52-50-80(82-27-20-56-123-69-82)61-101(96)93-33-12-15-37-106(93)125-121)66-113-117(103)118-104(67-89(68-115(118)129-113)126-71-84-49-48-79(60-100(84)94-34-13-16-38-107(94)126)78-47-45-75-44-43-74-23-6-9-30-90(74)99(75)59-78)95-53-55-111(122-120(95)119(102)114(65-86)130-122)128(108-40-18-26-73-22-7-10-31-91(73)108)112-64-85(58-81-25-8-11-32-92(81)112)77-46-42-72-21-4-5-24-76(72)57-77/h1-70,98,109H,71H2. The van der Waals surface area contributed by atoms with Gasteiger partial charge in [-0.05, 0) is 241 Å². The fourth-order valence-corrected chi connectivity index (χ4v) is 22.2. The molecule has 0 saturated carbocycles. The number of para-hydroxylation sites is 3. The minimum Gasteiger partial charge on any atom is -0.456 e. The number of furan rings is 2. The molecule has 0 bridgehead atoms. The zero-order valence-corrected chi connectivity index (χ0v) is 70.3. The highest BCUT2D eigenvalue weighted by atomic mass is 16.3. The van der Waals surface area contributed by atoms with E-state index in [1.165, 1.54) is 65.8 Å². The van der Waals surface area contributed by atoms with Crippen LogP contribution in [0.3, 0.4) is 0 Å². The molecule has 604 valence electrons. The number of fused-ring (bicyclic) bond motifs is 17. The average Bonchev–Trinajstić information content (AvgIpc) is 1.51. The number of anilines is 7. The lowest BCUT2D eigenvalue weighted by Crippen LogP contribution is -2.28. The van der Waals surface area contributed by atoms with Gasteiger partial charge >= 0.3 is 0 Å². The van der Waals surface area contributed by atoms with E-state index in [-0.39, 0.29) is 12.0 Å². The predicted octanol–water partition coefficient (Wildman–Crippen LogP) is 33.0. The van der Waals surface area contributed by atoms with Crippen LogP contribution in [0, 0.1) is 0 Å². The second kappa shape index (κ2) is 28.2. The minimum absolute atomic E-state index is 0.116. The first kappa shape index (κ1) is 72.3. The zero-order valence-electron chi connectivity index (χ0n) is 70.3. The number of rotatable bonds is 11. The molecule has 0 N–H and O–H groups in total. The normalized spacial score (nSPS) is 14.2. The van der Waals surface area contributed by atoms with Gasteiger partial charge in [-0.2, -0.15) is 0 Å². The molecule has 28 rings (SSSR count). The number of nitrogens with zero attached hydrogens (tertiary/aromatic N) is 6. The van der Waals surface area contributed by atoms with E-state index >= 15 is 0 Å². The second-order valence-electron chi connectivity index (χ2n) is 35.2. The highest BCUT2D eigenvalue weighted by Crippen LogP contribution is 2.57. The third kappa shape index (κ3) is 11.1. The number of aromatic nitrogens is 3. The lowest BCUT2D eigenvalue weighted by molar-refractivity contribution is 0.669. The van der Waals surface area contributed by atoms with E-state index < -0.39 is 0 Å². The molecule has 2 aliphatic heterocycles. The summed E-state index contributed by atoms with van der Waals surface area (Å²) in [5, 5.41) is 22.9. The van der Waals surface area contributed by atoms with Gasteiger partial charge in [-0.15, -0.1) is 0 Å². The van der Waals surface area contributed by atoms with Crippen molar-refractivity contribution in [2.24, 2.45) is 0 Å². The summed E-state index contributed by atoms with van der Waals surface area (Å²) in [5.41, 5.74) is 28.5. The van der Waals surface area contributed by atoms with Gasteiger partial charge < -0.3 is 23.5 Å². The van der Waals surface area contributed by atoms with Crippen molar-refractivity contribution in [3.63, 3.8) is 0 Å². The molecule has 7 heterocycles. The maximum atomic E-state index is 8.23. The van der Waals surface area contributed by atoms with Crippen LogP contribution in [0.15, 0.2) is 434 Å². The Bertz CT molecular complexity index is 9200. The Kier molecular flexibility index (Phi) is 15.7. The fourth-order valence-electron chi connectivity index (χ4n) is 22.2. The Morgan fingerprint density at radius 3 is 1.75 bits per heavy atom. The van der Waals surface area contributed by atoms with E-state index in [0.29, 0.717) is 6.54 Å². The Morgan fingerprint density at radius 2 is 0.900 bits per heavy atom. The van der Waals surface area contributed by atoms with Crippen LogP contribution in [0.2, 0.25) is 0 Å². The maximum absolute atomic E-state index is 8.23. The van der Waals surface area contributed by atoms with Crippen molar-refractivity contribution in [1.82, 2.24) is 15.0 Å². The zero-order chi connectivity index (χ0) is 84.9. The van der Waals surface area contributed by atoms with Crippen LogP contribution in [0.4, 0.5) is 39.8 Å². The van der Waals surface area contributed by atoms with Gasteiger partial charge in [0, 0.05) is 131 Å². The van der Waals surface area contributed by atoms with Gasteiger partial charge in [0.1, 0.15) is 16.7 Å². The van der Waals surface area contributed by atoms with Gasteiger partial charge in [0.15, 0.2) is 5.58 Å². The van der Waals surface area contributed by atoms with Crippen molar-refractivity contribution < 1.29 is 8.83 Å². The van der Waals surface area contributed by atoms with Crippen LogP contribution >= 0.6 is 0 Å². The molecular weight excluding hydrogens is 1580 g/mol. The van der Waals surface area contributed by atoms with Gasteiger partial charge in [-0.3, -0.25) is 9.97 Å². The first-order valence-corrected chi connectivity index (χ1v) is 44.7. The molecule has 20 aromatic carbocycles. The van der Waals surface area contributed by atoms with Gasteiger partial charge in [0.2, 0.25) is 0 Å². The van der Waals surface area contributed by atoms with Gasteiger partial charge in [0.05, 0.1) is 40.0 Å². The van der Waals surface area contributed by atoms with Crippen molar-refractivity contribution in [2.45, 2.75) is 18.5 Å². The third-order valence-corrected chi connectivity index (χ3v) is 28.1. The Morgan fingerprint density at radius 1 is 0.308 bits per heavy atom. The quantitative estimate of drug-likeness (QED) is 0.119. The summed E-state index contributed by atoms with van der Waals surface area (Å²) in [6.07, 6.45) is 14.9. The molecule has 5 aromatic heterocycles. The number of benzene rings is 19. The van der Waals surface area contributed by atoms with E-state index in [0.717, 1.165) is 204 Å². The van der Waals surface area contributed by atoms with Crippen LogP contribution in [-0.2, 0) is 6.54 Å². The molecule has 3 aliphatic rings. The molecule has 8 heteroatoms. The lowest BCUT2D eigenvalue weighted by Gasteiger charge is -2.33. The Hall–Kier alpha value is -17.1. The lowest BCUT2D eigenvalue weighted by atomic mass is 9.87. The smallest absolute Gasteiger partial charge is 0.160 e. The summed E-state index contributed by atoms with van der Waals surface area (Å²) in [4.78, 5) is 23.4. The van der Waals surface area contributed by atoms with E-state index in [1.807, 2.05) is 18.5 Å². The third-order valence-electron chi connectivity index (χ3n) is 28.1. The van der Waals surface area contributed by atoms with Crippen molar-refractivity contribution in [2.75, 3.05) is 14.7 Å². The van der Waals surface area contributed by atoms with E-state index in [9.17, 15) is 0 Å². The molecule has 1 aliphatic carbocycles. The highest BCUT2D eigenvalue weighted by Gasteiger charge is 2.40. The summed E-state index contributed by atoms with van der Waals surface area (Å²) in [6.45, 7) is 0.604. The summed E-state index contributed by atoms with van der Waals surface area (Å²) in [7, 11) is 0.